The zero-order chi connectivity index (χ0) is 35.9. The Morgan fingerprint density at radius 2 is 1.34 bits per heavy atom. The Kier molecular flexibility index (Phi) is 15.1. The van der Waals surface area contributed by atoms with Crippen molar-refractivity contribution in [3.05, 3.63) is 102 Å². The molecule has 6 nitrogen and oxygen atoms in total. The molecule has 0 heterocycles. The van der Waals surface area contributed by atoms with E-state index < -0.39 is 24.0 Å². The van der Waals surface area contributed by atoms with Gasteiger partial charge in [0.2, 0.25) is 0 Å². The molecule has 0 saturated carbocycles. The van der Waals surface area contributed by atoms with Gasteiger partial charge in [-0.25, -0.2) is 4.79 Å². The Morgan fingerprint density at radius 3 is 1.86 bits per heavy atom. The Bertz CT molecular complexity index is 1580. The van der Waals surface area contributed by atoms with Gasteiger partial charge in [-0.3, -0.25) is 4.79 Å². The Hall–Kier alpha value is -4.00. The summed E-state index contributed by atoms with van der Waals surface area (Å²) >= 11 is 0. The smallest absolute Gasteiger partial charge is 0.335 e. The van der Waals surface area contributed by atoms with Crippen molar-refractivity contribution in [3.63, 3.8) is 0 Å². The van der Waals surface area contributed by atoms with Gasteiger partial charge in [0.1, 0.15) is 0 Å². The van der Waals surface area contributed by atoms with Crippen LogP contribution < -0.4 is 0 Å². The lowest BCUT2D eigenvalue weighted by atomic mass is 9.83. The lowest BCUT2D eigenvalue weighted by Gasteiger charge is -2.22. The predicted octanol–water partition coefficient (Wildman–Crippen LogP) is 9.30. The molecule has 1 atom stereocenters. The Morgan fingerprint density at radius 1 is 0.780 bits per heavy atom. The molecule has 4 rings (SSSR count). The highest BCUT2D eigenvalue weighted by molar-refractivity contribution is 5.87. The molecule has 50 heavy (non-hydrogen) atoms. The number of hydrogen-bond donors (Lipinski definition) is 2. The molecule has 1 unspecified atom stereocenters. The summed E-state index contributed by atoms with van der Waals surface area (Å²) in [6.07, 6.45) is 14.2. The van der Waals surface area contributed by atoms with Crippen molar-refractivity contribution in [2.24, 2.45) is 11.3 Å². The molecule has 0 aliphatic heterocycles. The SMILES string of the molecule is C=C(CO)C(=O)OCCCc1cc(CCCOC(=O)C(C)(C)CO)cc(-c2ccc(-c3ccc(C4=CCC(CCCCC)CC4)cc3)cc2)c1. The molecule has 3 aromatic rings. The van der Waals surface area contributed by atoms with Gasteiger partial charge in [-0.2, -0.15) is 0 Å². The third kappa shape index (κ3) is 11.5. The average molecular weight is 681 g/mol. The summed E-state index contributed by atoms with van der Waals surface area (Å²) in [7, 11) is 0. The number of hydrogen-bond acceptors (Lipinski definition) is 6. The van der Waals surface area contributed by atoms with Crippen molar-refractivity contribution in [1.82, 2.24) is 0 Å². The second-order valence-electron chi connectivity index (χ2n) is 14.3. The van der Waals surface area contributed by atoms with E-state index in [4.69, 9.17) is 14.6 Å². The van der Waals surface area contributed by atoms with Crippen molar-refractivity contribution in [3.8, 4) is 22.3 Å². The lowest BCUT2D eigenvalue weighted by Crippen LogP contribution is -2.30. The molecular weight excluding hydrogens is 624 g/mol. The summed E-state index contributed by atoms with van der Waals surface area (Å²) < 4.78 is 10.7. The number of aliphatic hydroxyl groups is 2. The van der Waals surface area contributed by atoms with Crippen LogP contribution in [0.1, 0.15) is 95.2 Å². The fraction of sp³-hybridized carbons (Fsp3) is 0.455. The normalized spacial score (nSPS) is 14.6. The van der Waals surface area contributed by atoms with E-state index in [0.717, 1.165) is 34.6 Å². The minimum absolute atomic E-state index is 0.0459. The first-order valence-electron chi connectivity index (χ1n) is 18.4. The standard InChI is InChI=1S/C44H56O6/c1-5-6-7-10-33-13-15-36(16-14-33)37-17-19-38(20-18-37)39-21-23-40(24-22-39)41-28-34(11-8-25-49-42(47)32(2)30-45)27-35(29-41)12-9-26-50-43(48)44(3,4)31-46/h15,17-24,27-29,33,45-46H,2,5-14,16,25-26,30-31H2,1,3-4H3. The zero-order valence-corrected chi connectivity index (χ0v) is 30.3. The topological polar surface area (TPSA) is 93.1 Å². The van der Waals surface area contributed by atoms with E-state index in [1.54, 1.807) is 13.8 Å². The lowest BCUT2D eigenvalue weighted by molar-refractivity contribution is -0.156. The van der Waals surface area contributed by atoms with Crippen LogP contribution in [-0.2, 0) is 31.9 Å². The summed E-state index contributed by atoms with van der Waals surface area (Å²) in [6, 6.07) is 24.2. The van der Waals surface area contributed by atoms with E-state index in [1.807, 2.05) is 0 Å². The van der Waals surface area contributed by atoms with E-state index in [-0.39, 0.29) is 25.4 Å². The number of rotatable bonds is 19. The van der Waals surface area contributed by atoms with E-state index in [1.165, 1.54) is 67.2 Å². The molecule has 6 heteroatoms. The molecule has 0 fully saturated rings. The van der Waals surface area contributed by atoms with Gasteiger partial charge in [-0.05, 0) is 109 Å². The van der Waals surface area contributed by atoms with Gasteiger partial charge in [0.15, 0.2) is 0 Å². The fourth-order valence-corrected chi connectivity index (χ4v) is 6.35. The molecule has 0 bridgehead atoms. The number of esters is 2. The second-order valence-corrected chi connectivity index (χ2v) is 14.3. The van der Waals surface area contributed by atoms with E-state index in [9.17, 15) is 14.7 Å². The Balaban J connectivity index is 1.43. The highest BCUT2D eigenvalue weighted by Gasteiger charge is 2.28. The minimum Gasteiger partial charge on any atom is -0.465 e. The molecule has 0 saturated heterocycles. The first-order chi connectivity index (χ1) is 24.1. The van der Waals surface area contributed by atoms with Crippen LogP contribution in [0.15, 0.2) is 85.0 Å². The number of unbranched alkanes of at least 4 members (excludes halogenated alkanes) is 2. The maximum Gasteiger partial charge on any atom is 0.335 e. The number of aliphatic hydroxyl groups excluding tert-OH is 2. The zero-order valence-electron chi connectivity index (χ0n) is 30.3. The van der Waals surface area contributed by atoms with Crippen LogP contribution >= 0.6 is 0 Å². The first-order valence-corrected chi connectivity index (χ1v) is 18.4. The summed E-state index contributed by atoms with van der Waals surface area (Å²) in [5.41, 5.74) is 8.77. The molecular formula is C44H56O6. The third-order valence-corrected chi connectivity index (χ3v) is 9.71. The van der Waals surface area contributed by atoms with Crippen LogP contribution in [0.2, 0.25) is 0 Å². The number of carbonyl (C=O) groups is 2. The van der Waals surface area contributed by atoms with E-state index in [0.29, 0.717) is 19.3 Å². The van der Waals surface area contributed by atoms with Gasteiger partial charge < -0.3 is 19.7 Å². The van der Waals surface area contributed by atoms with Gasteiger partial charge in [0.05, 0.1) is 37.4 Å². The monoisotopic (exact) mass is 680 g/mol. The van der Waals surface area contributed by atoms with Gasteiger partial charge in [-0.1, -0.05) is 112 Å². The van der Waals surface area contributed by atoms with Gasteiger partial charge in [-0.15, -0.1) is 0 Å². The van der Waals surface area contributed by atoms with Crippen molar-refractivity contribution in [2.45, 2.75) is 91.4 Å². The van der Waals surface area contributed by atoms with Crippen LogP contribution in [0, 0.1) is 11.3 Å². The van der Waals surface area contributed by atoms with Crippen molar-refractivity contribution in [1.29, 1.82) is 0 Å². The van der Waals surface area contributed by atoms with Crippen LogP contribution in [0.5, 0.6) is 0 Å². The number of aryl methyl sites for hydroxylation is 2. The molecule has 0 amide bonds. The van der Waals surface area contributed by atoms with Crippen LogP contribution in [-0.4, -0.2) is 48.6 Å². The number of carbonyl (C=O) groups excluding carboxylic acids is 2. The maximum absolute atomic E-state index is 12.3. The highest BCUT2D eigenvalue weighted by Crippen LogP contribution is 2.34. The molecule has 2 N–H and O–H groups in total. The Labute approximate surface area is 299 Å². The number of ether oxygens (including phenoxy) is 2. The van der Waals surface area contributed by atoms with Crippen molar-refractivity contribution in [2.75, 3.05) is 26.4 Å². The van der Waals surface area contributed by atoms with Crippen LogP contribution in [0.3, 0.4) is 0 Å². The van der Waals surface area contributed by atoms with Crippen molar-refractivity contribution >= 4 is 17.5 Å². The largest absolute Gasteiger partial charge is 0.465 e. The van der Waals surface area contributed by atoms with Gasteiger partial charge in [0, 0.05) is 0 Å². The summed E-state index contributed by atoms with van der Waals surface area (Å²) in [5.74, 6) is -0.134. The van der Waals surface area contributed by atoms with E-state index in [2.05, 4.69) is 86.3 Å². The van der Waals surface area contributed by atoms with Gasteiger partial charge >= 0.3 is 11.9 Å². The van der Waals surface area contributed by atoms with Crippen LogP contribution in [0.25, 0.3) is 27.8 Å². The van der Waals surface area contributed by atoms with Gasteiger partial charge in [0.25, 0.3) is 0 Å². The molecule has 3 aromatic carbocycles. The molecule has 1 aliphatic carbocycles. The summed E-state index contributed by atoms with van der Waals surface area (Å²) in [5, 5.41) is 18.6. The first kappa shape index (κ1) is 38.8. The quantitative estimate of drug-likeness (QED) is 0.0745. The van der Waals surface area contributed by atoms with E-state index >= 15 is 0 Å². The number of benzene rings is 3. The molecule has 268 valence electrons. The highest BCUT2D eigenvalue weighted by atomic mass is 16.5. The minimum atomic E-state index is -0.918. The maximum atomic E-state index is 12.3. The third-order valence-electron chi connectivity index (χ3n) is 9.71. The summed E-state index contributed by atoms with van der Waals surface area (Å²) in [4.78, 5) is 24.2. The number of allylic oxidation sites excluding steroid dienone is 2. The molecule has 0 radical (unpaired) electrons. The molecule has 1 aliphatic rings. The second kappa shape index (κ2) is 19.4. The molecule has 0 aromatic heterocycles. The predicted molar refractivity (Wildman–Crippen MR) is 202 cm³/mol. The van der Waals surface area contributed by atoms with Crippen molar-refractivity contribution < 1.29 is 29.3 Å². The fourth-order valence-electron chi connectivity index (χ4n) is 6.35. The summed E-state index contributed by atoms with van der Waals surface area (Å²) in [6.45, 7) is 8.96. The van der Waals surface area contributed by atoms with Crippen LogP contribution in [0.4, 0.5) is 0 Å². The molecule has 0 spiro atoms. The average Bonchev–Trinajstić information content (AvgIpc) is 3.15.